The summed E-state index contributed by atoms with van der Waals surface area (Å²) in [5, 5.41) is 0. The molecule has 0 N–H and O–H groups in total. The molecule has 0 spiro atoms. The Kier molecular flexibility index (Phi) is 5.38. The molecule has 0 unspecified atom stereocenters. The predicted octanol–water partition coefficient (Wildman–Crippen LogP) is 4.69. The van der Waals surface area contributed by atoms with Crippen LogP contribution in [0.25, 0.3) is 5.57 Å². The van der Waals surface area contributed by atoms with E-state index >= 15 is 0 Å². The lowest BCUT2D eigenvalue weighted by molar-refractivity contribution is -0.120. The first kappa shape index (κ1) is 20.5. The quantitative estimate of drug-likeness (QED) is 0.565. The molecule has 2 amide bonds. The Bertz CT molecular complexity index is 1190. The number of halogens is 2. The summed E-state index contributed by atoms with van der Waals surface area (Å²) in [6.45, 7) is 2.28. The molecule has 6 heteroatoms. The Morgan fingerprint density at radius 1 is 0.871 bits per heavy atom. The first-order chi connectivity index (χ1) is 14.9. The Hall–Kier alpha value is -3.80. The van der Waals surface area contributed by atoms with Crippen molar-refractivity contribution in [1.29, 1.82) is 0 Å². The number of imide groups is 1. The summed E-state index contributed by atoms with van der Waals surface area (Å²) in [6.07, 6.45) is 0. The number of nitrogens with zero attached hydrogens (tertiary/aromatic N) is 2. The highest BCUT2D eigenvalue weighted by Gasteiger charge is 2.42. The van der Waals surface area contributed by atoms with E-state index in [1.54, 1.807) is 24.1 Å². The molecular formula is C25H20F2N2O2. The van der Waals surface area contributed by atoms with Crippen molar-refractivity contribution in [1.82, 2.24) is 4.90 Å². The van der Waals surface area contributed by atoms with E-state index in [1.807, 2.05) is 49.4 Å². The second-order valence-electron chi connectivity index (χ2n) is 7.47. The number of hydrogen-bond acceptors (Lipinski definition) is 3. The minimum atomic E-state index is -0.849. The molecule has 1 heterocycles. The molecule has 0 radical (unpaired) electrons. The molecular weight excluding hydrogens is 398 g/mol. The summed E-state index contributed by atoms with van der Waals surface area (Å²) in [6, 6.07) is 19.3. The van der Waals surface area contributed by atoms with Gasteiger partial charge in [0.25, 0.3) is 11.8 Å². The van der Waals surface area contributed by atoms with Gasteiger partial charge in [-0.25, -0.2) is 13.7 Å². The van der Waals surface area contributed by atoms with Gasteiger partial charge >= 0.3 is 0 Å². The van der Waals surface area contributed by atoms with Crippen LogP contribution in [0.1, 0.15) is 16.7 Å². The van der Waals surface area contributed by atoms with Crippen LogP contribution in [0.3, 0.4) is 0 Å². The van der Waals surface area contributed by atoms with Gasteiger partial charge in [-0.1, -0.05) is 60.2 Å². The lowest BCUT2D eigenvalue weighted by Gasteiger charge is -2.22. The normalized spacial score (nSPS) is 13.9. The van der Waals surface area contributed by atoms with Crippen LogP contribution in [0, 0.1) is 18.6 Å². The lowest BCUT2D eigenvalue weighted by Crippen LogP contribution is -2.34. The third-order valence-electron chi connectivity index (χ3n) is 5.19. The Labute approximate surface area is 179 Å². The van der Waals surface area contributed by atoms with Gasteiger partial charge in [-0.2, -0.15) is 0 Å². The van der Waals surface area contributed by atoms with Gasteiger partial charge in [0.15, 0.2) is 0 Å². The Morgan fingerprint density at radius 3 is 2.23 bits per heavy atom. The molecule has 0 fully saturated rings. The van der Waals surface area contributed by atoms with E-state index in [4.69, 9.17) is 0 Å². The molecule has 0 bridgehead atoms. The van der Waals surface area contributed by atoms with Gasteiger partial charge in [0.1, 0.15) is 17.3 Å². The van der Waals surface area contributed by atoms with Crippen LogP contribution in [0.5, 0.6) is 0 Å². The molecule has 31 heavy (non-hydrogen) atoms. The fraction of sp³-hybridized carbons (Fsp3) is 0.120. The first-order valence-corrected chi connectivity index (χ1v) is 9.77. The van der Waals surface area contributed by atoms with Crippen molar-refractivity contribution in [3.8, 4) is 0 Å². The van der Waals surface area contributed by atoms with Crippen LogP contribution in [0.2, 0.25) is 0 Å². The summed E-state index contributed by atoms with van der Waals surface area (Å²) < 4.78 is 28.3. The van der Waals surface area contributed by atoms with Gasteiger partial charge in [-0.05, 0) is 30.2 Å². The molecule has 0 aliphatic carbocycles. The van der Waals surface area contributed by atoms with E-state index in [-0.39, 0.29) is 11.3 Å². The molecule has 4 rings (SSSR count). The van der Waals surface area contributed by atoms with Crippen molar-refractivity contribution in [3.63, 3.8) is 0 Å². The Balaban J connectivity index is 1.83. The maximum Gasteiger partial charge on any atom is 0.282 e. The fourth-order valence-corrected chi connectivity index (χ4v) is 3.67. The highest BCUT2D eigenvalue weighted by Crippen LogP contribution is 2.36. The van der Waals surface area contributed by atoms with Gasteiger partial charge in [-0.15, -0.1) is 0 Å². The van der Waals surface area contributed by atoms with E-state index in [0.29, 0.717) is 17.0 Å². The van der Waals surface area contributed by atoms with E-state index in [9.17, 15) is 18.4 Å². The number of benzene rings is 3. The summed E-state index contributed by atoms with van der Waals surface area (Å²) in [4.78, 5) is 29.1. The maximum absolute atomic E-state index is 14.5. The van der Waals surface area contributed by atoms with E-state index in [1.165, 1.54) is 0 Å². The number of rotatable bonds is 5. The zero-order valence-corrected chi connectivity index (χ0v) is 17.1. The zero-order chi connectivity index (χ0) is 22.1. The number of hydrogen-bond donors (Lipinski definition) is 0. The molecule has 156 valence electrons. The number of likely N-dealkylation sites (N-methyl/N-ethyl adjacent to an activating group) is 1. The van der Waals surface area contributed by atoms with Gasteiger partial charge < -0.3 is 4.90 Å². The summed E-state index contributed by atoms with van der Waals surface area (Å²) in [7, 11) is 1.70. The van der Waals surface area contributed by atoms with Gasteiger partial charge in [0, 0.05) is 19.7 Å². The van der Waals surface area contributed by atoms with Crippen molar-refractivity contribution < 1.29 is 18.4 Å². The van der Waals surface area contributed by atoms with E-state index in [2.05, 4.69) is 0 Å². The molecule has 1 aliphatic rings. The SMILES string of the molecule is Cc1ccc(C2=C(N(C)Cc3ccccc3)C(=O)N(c3cc(F)ccc3F)C2=O)cc1. The van der Waals surface area contributed by atoms with Crippen molar-refractivity contribution in [3.05, 3.63) is 107 Å². The van der Waals surface area contributed by atoms with Crippen LogP contribution in [0.15, 0.2) is 78.5 Å². The summed E-state index contributed by atoms with van der Waals surface area (Å²) >= 11 is 0. The monoisotopic (exact) mass is 418 g/mol. The molecule has 0 aromatic heterocycles. The van der Waals surface area contributed by atoms with Gasteiger partial charge in [-0.3, -0.25) is 9.59 Å². The van der Waals surface area contributed by atoms with Crippen molar-refractivity contribution in [2.24, 2.45) is 0 Å². The number of anilines is 1. The van der Waals surface area contributed by atoms with E-state index in [0.717, 1.165) is 29.3 Å². The summed E-state index contributed by atoms with van der Waals surface area (Å²) in [5.41, 5.74) is 2.37. The topological polar surface area (TPSA) is 40.6 Å². The van der Waals surface area contributed by atoms with Crippen LogP contribution in [0.4, 0.5) is 14.5 Å². The average molecular weight is 418 g/mol. The van der Waals surface area contributed by atoms with Crippen LogP contribution < -0.4 is 4.90 Å². The highest BCUT2D eigenvalue weighted by atomic mass is 19.1. The van der Waals surface area contributed by atoms with E-state index < -0.39 is 29.1 Å². The molecule has 1 aliphatic heterocycles. The fourth-order valence-electron chi connectivity index (χ4n) is 3.67. The minimum Gasteiger partial charge on any atom is -0.365 e. The number of carbonyl (C=O) groups is 2. The first-order valence-electron chi connectivity index (χ1n) is 9.77. The van der Waals surface area contributed by atoms with Gasteiger partial charge in [0.2, 0.25) is 0 Å². The van der Waals surface area contributed by atoms with Crippen molar-refractivity contribution >= 4 is 23.1 Å². The molecule has 4 nitrogen and oxygen atoms in total. The molecule has 0 saturated carbocycles. The lowest BCUT2D eigenvalue weighted by atomic mass is 10.0. The third kappa shape index (κ3) is 3.84. The average Bonchev–Trinajstić information content (AvgIpc) is 3.01. The van der Waals surface area contributed by atoms with Crippen LogP contribution >= 0.6 is 0 Å². The Morgan fingerprint density at radius 2 is 1.55 bits per heavy atom. The van der Waals surface area contributed by atoms with Crippen LogP contribution in [-0.4, -0.2) is 23.8 Å². The molecule has 0 atom stereocenters. The van der Waals surface area contributed by atoms with Crippen LogP contribution in [-0.2, 0) is 16.1 Å². The van der Waals surface area contributed by atoms with Gasteiger partial charge in [0.05, 0.1) is 11.3 Å². The molecule has 0 saturated heterocycles. The largest absolute Gasteiger partial charge is 0.365 e. The second-order valence-corrected chi connectivity index (χ2v) is 7.47. The third-order valence-corrected chi connectivity index (χ3v) is 5.19. The standard InChI is InChI=1S/C25H20F2N2O2/c1-16-8-10-18(11-9-16)22-23(28(2)15-17-6-4-3-5-7-17)25(31)29(24(22)30)21-14-19(26)12-13-20(21)27/h3-14H,15H2,1-2H3. The maximum atomic E-state index is 14.5. The zero-order valence-electron chi connectivity index (χ0n) is 17.1. The number of aryl methyl sites for hydroxylation is 1. The van der Waals surface area contributed by atoms with Crippen molar-refractivity contribution in [2.45, 2.75) is 13.5 Å². The molecule has 3 aromatic rings. The molecule has 3 aromatic carbocycles. The second kappa shape index (κ2) is 8.14. The minimum absolute atomic E-state index is 0.140. The number of amides is 2. The van der Waals surface area contributed by atoms with Crippen molar-refractivity contribution in [2.75, 3.05) is 11.9 Å². The highest BCUT2D eigenvalue weighted by molar-refractivity contribution is 6.45. The predicted molar refractivity (Wildman–Crippen MR) is 115 cm³/mol. The summed E-state index contributed by atoms with van der Waals surface area (Å²) in [5.74, 6) is -2.96. The number of carbonyl (C=O) groups excluding carboxylic acids is 2. The smallest absolute Gasteiger partial charge is 0.282 e.